The number of hydrogen-bond acceptors (Lipinski definition) is 3. The van der Waals surface area contributed by atoms with Gasteiger partial charge in [0.2, 0.25) is 0 Å². The van der Waals surface area contributed by atoms with Crippen LogP contribution in [-0.4, -0.2) is 4.98 Å². The third kappa shape index (κ3) is 2.42. The van der Waals surface area contributed by atoms with E-state index in [1.54, 1.807) is 6.26 Å². The largest absolute Gasteiger partial charge is 0.464 e. The van der Waals surface area contributed by atoms with Crippen LogP contribution in [0.2, 0.25) is 0 Å². The van der Waals surface area contributed by atoms with Gasteiger partial charge < -0.3 is 8.83 Å². The maximum absolute atomic E-state index is 6.33. The lowest BCUT2D eigenvalue weighted by Crippen LogP contribution is -2.12. The molecule has 3 heterocycles. The van der Waals surface area contributed by atoms with Gasteiger partial charge in [-0.05, 0) is 58.1 Å². The van der Waals surface area contributed by atoms with E-state index in [1.165, 1.54) is 16.3 Å². The van der Waals surface area contributed by atoms with Gasteiger partial charge >= 0.3 is 0 Å². The van der Waals surface area contributed by atoms with Gasteiger partial charge in [-0.3, -0.25) is 4.98 Å². The number of fused-ring (bicyclic) bond motifs is 6. The number of rotatable bonds is 1. The van der Waals surface area contributed by atoms with Crippen LogP contribution in [0, 0.1) is 0 Å². The highest BCUT2D eigenvalue weighted by atomic mass is 16.3. The molecule has 0 spiro atoms. The summed E-state index contributed by atoms with van der Waals surface area (Å²) < 4.78 is 12.1. The molecule has 0 saturated heterocycles. The highest BCUT2D eigenvalue weighted by Crippen LogP contribution is 2.40. The van der Waals surface area contributed by atoms with E-state index in [2.05, 4.69) is 57.2 Å². The monoisotopic (exact) mass is 391 g/mol. The Kier molecular flexibility index (Phi) is 3.43. The molecule has 0 unspecified atom stereocenters. The summed E-state index contributed by atoms with van der Waals surface area (Å²) in [5.74, 6) is 0. The first-order valence-corrected chi connectivity index (χ1v) is 10.2. The van der Waals surface area contributed by atoms with Crippen molar-refractivity contribution in [1.29, 1.82) is 0 Å². The Morgan fingerprint density at radius 1 is 0.800 bits per heavy atom. The summed E-state index contributed by atoms with van der Waals surface area (Å²) in [5.41, 5.74) is 5.72. The molecule has 3 heteroatoms. The molecule has 30 heavy (non-hydrogen) atoms. The van der Waals surface area contributed by atoms with Crippen LogP contribution < -0.4 is 0 Å². The first-order valence-electron chi connectivity index (χ1n) is 10.2. The number of hydrogen-bond donors (Lipinski definition) is 0. The summed E-state index contributed by atoms with van der Waals surface area (Å²) in [4.78, 5) is 4.75. The molecule has 0 fully saturated rings. The van der Waals surface area contributed by atoms with E-state index in [1.807, 2.05) is 30.5 Å². The Balaban J connectivity index is 1.71. The Hall–Kier alpha value is -3.59. The lowest BCUT2D eigenvalue weighted by molar-refractivity contribution is 0.596. The topological polar surface area (TPSA) is 39.2 Å². The van der Waals surface area contributed by atoms with E-state index in [4.69, 9.17) is 13.8 Å². The van der Waals surface area contributed by atoms with Crippen molar-refractivity contribution in [3.63, 3.8) is 0 Å². The Morgan fingerprint density at radius 3 is 2.53 bits per heavy atom. The maximum Gasteiger partial charge on any atom is 0.161 e. The molecule has 0 aliphatic carbocycles. The second-order valence-electron chi connectivity index (χ2n) is 8.91. The van der Waals surface area contributed by atoms with Crippen LogP contribution in [0.1, 0.15) is 26.3 Å². The van der Waals surface area contributed by atoms with E-state index in [9.17, 15) is 0 Å². The predicted molar refractivity (Wildman–Crippen MR) is 123 cm³/mol. The molecule has 6 aromatic rings. The number of pyridine rings is 1. The Labute approximate surface area is 173 Å². The van der Waals surface area contributed by atoms with Gasteiger partial charge in [-0.2, -0.15) is 0 Å². The van der Waals surface area contributed by atoms with Crippen LogP contribution in [0.5, 0.6) is 0 Å². The van der Waals surface area contributed by atoms with E-state index >= 15 is 0 Å². The van der Waals surface area contributed by atoms with Crippen LogP contribution in [0.15, 0.2) is 82.0 Å². The number of furan rings is 2. The fourth-order valence-electron chi connectivity index (χ4n) is 4.49. The van der Waals surface area contributed by atoms with Crippen molar-refractivity contribution in [3.8, 4) is 11.3 Å². The fourth-order valence-corrected chi connectivity index (χ4v) is 4.49. The second-order valence-corrected chi connectivity index (χ2v) is 8.91. The highest BCUT2D eigenvalue weighted by molar-refractivity contribution is 6.18. The van der Waals surface area contributed by atoms with Gasteiger partial charge in [0.1, 0.15) is 16.9 Å². The first kappa shape index (κ1) is 17.3. The average molecular weight is 391 g/mol. The molecule has 3 nitrogen and oxygen atoms in total. The summed E-state index contributed by atoms with van der Waals surface area (Å²) in [6.07, 6.45) is 3.59. The molecule has 3 aromatic heterocycles. The van der Waals surface area contributed by atoms with Gasteiger partial charge in [0.15, 0.2) is 5.58 Å². The molecule has 0 amide bonds. The van der Waals surface area contributed by atoms with Gasteiger partial charge in [0.05, 0.1) is 11.6 Å². The lowest BCUT2D eigenvalue weighted by atomic mass is 9.82. The van der Waals surface area contributed by atoms with Crippen LogP contribution in [0.25, 0.3) is 54.9 Å². The SMILES string of the molecule is CC(C)(C)c1cc(-c2nccc3c2oc2ccc4ccoc4c23)cc2ccccc12. The minimum Gasteiger partial charge on any atom is -0.464 e. The van der Waals surface area contributed by atoms with Crippen LogP contribution >= 0.6 is 0 Å². The van der Waals surface area contributed by atoms with Gasteiger partial charge in [-0.1, -0.05) is 45.0 Å². The summed E-state index contributed by atoms with van der Waals surface area (Å²) >= 11 is 0. The quantitative estimate of drug-likeness (QED) is 0.286. The molecule has 146 valence electrons. The predicted octanol–water partition coefficient (Wildman–Crippen LogP) is 7.84. The fraction of sp³-hybridized carbons (Fsp3) is 0.148. The smallest absolute Gasteiger partial charge is 0.161 e. The summed E-state index contributed by atoms with van der Waals surface area (Å²) in [6, 6.07) is 21.1. The van der Waals surface area contributed by atoms with Gasteiger partial charge in [-0.15, -0.1) is 0 Å². The van der Waals surface area contributed by atoms with Gasteiger partial charge in [0.25, 0.3) is 0 Å². The van der Waals surface area contributed by atoms with Crippen molar-refractivity contribution < 1.29 is 8.83 Å². The summed E-state index contributed by atoms with van der Waals surface area (Å²) in [7, 11) is 0. The second kappa shape index (κ2) is 5.96. The van der Waals surface area contributed by atoms with Crippen molar-refractivity contribution in [2.45, 2.75) is 26.2 Å². The molecule has 3 aromatic carbocycles. The summed E-state index contributed by atoms with van der Waals surface area (Å²) in [6.45, 7) is 6.75. The normalized spacial score (nSPS) is 12.5. The molecule has 0 saturated carbocycles. The standard InChI is InChI=1S/C27H21NO2/c1-27(2,3)21-15-18(14-17-6-4-5-7-19(17)21)24-26-20(10-12-28-24)23-22(30-26)9-8-16-11-13-29-25(16)23/h4-15H,1-3H3. The van der Waals surface area contributed by atoms with E-state index < -0.39 is 0 Å². The molecule has 0 bridgehead atoms. The molecule has 0 N–H and O–H groups in total. The first-order chi connectivity index (χ1) is 14.5. The Morgan fingerprint density at radius 2 is 1.67 bits per heavy atom. The number of benzene rings is 3. The minimum absolute atomic E-state index is 0.0116. The number of aromatic nitrogens is 1. The zero-order valence-corrected chi connectivity index (χ0v) is 17.2. The molecule has 0 radical (unpaired) electrons. The zero-order chi connectivity index (χ0) is 20.5. The van der Waals surface area contributed by atoms with Crippen molar-refractivity contribution in [1.82, 2.24) is 4.98 Å². The maximum atomic E-state index is 6.33. The van der Waals surface area contributed by atoms with Crippen molar-refractivity contribution in [2.24, 2.45) is 0 Å². The van der Waals surface area contributed by atoms with Gasteiger partial charge in [-0.25, -0.2) is 0 Å². The van der Waals surface area contributed by atoms with Crippen LogP contribution in [-0.2, 0) is 5.41 Å². The van der Waals surface area contributed by atoms with Crippen molar-refractivity contribution in [2.75, 3.05) is 0 Å². The van der Waals surface area contributed by atoms with Crippen LogP contribution in [0.3, 0.4) is 0 Å². The highest BCUT2D eigenvalue weighted by Gasteiger charge is 2.21. The zero-order valence-electron chi connectivity index (χ0n) is 17.2. The molecule has 0 aliphatic heterocycles. The van der Waals surface area contributed by atoms with Gasteiger partial charge in [0, 0.05) is 22.5 Å². The lowest BCUT2D eigenvalue weighted by Gasteiger charge is -2.22. The Bertz CT molecular complexity index is 1580. The molecular formula is C27H21NO2. The van der Waals surface area contributed by atoms with E-state index in [-0.39, 0.29) is 5.41 Å². The minimum atomic E-state index is 0.0116. The third-order valence-corrected chi connectivity index (χ3v) is 5.91. The van der Waals surface area contributed by atoms with E-state index in [0.29, 0.717) is 0 Å². The molecule has 0 atom stereocenters. The van der Waals surface area contributed by atoms with Crippen molar-refractivity contribution >= 4 is 43.7 Å². The summed E-state index contributed by atoms with van der Waals surface area (Å²) in [5, 5.41) is 5.60. The average Bonchev–Trinajstić information content (AvgIpc) is 3.35. The number of nitrogens with zero attached hydrogens (tertiary/aromatic N) is 1. The van der Waals surface area contributed by atoms with Crippen molar-refractivity contribution in [3.05, 3.63) is 78.7 Å². The molecular weight excluding hydrogens is 370 g/mol. The van der Waals surface area contributed by atoms with E-state index in [0.717, 1.165) is 44.2 Å². The third-order valence-electron chi connectivity index (χ3n) is 5.91. The molecule has 6 rings (SSSR count). The van der Waals surface area contributed by atoms with Crippen LogP contribution in [0.4, 0.5) is 0 Å². The molecule has 0 aliphatic rings.